The van der Waals surface area contributed by atoms with Gasteiger partial charge in [0.2, 0.25) is 5.91 Å². The molecule has 28 heavy (non-hydrogen) atoms. The Morgan fingerprint density at radius 2 is 2.04 bits per heavy atom. The molecule has 4 rings (SSSR count). The zero-order valence-electron chi connectivity index (χ0n) is 16.1. The fourth-order valence-electron chi connectivity index (χ4n) is 4.14. The summed E-state index contributed by atoms with van der Waals surface area (Å²) in [6, 6.07) is 14.2. The number of aryl methyl sites for hydroxylation is 1. The normalized spacial score (nSPS) is 21.7. The molecule has 0 N–H and O–H groups in total. The van der Waals surface area contributed by atoms with Crippen molar-refractivity contribution in [3.05, 3.63) is 59.8 Å². The van der Waals surface area contributed by atoms with E-state index in [0.717, 1.165) is 23.6 Å². The number of nitrogens with zero attached hydrogens (tertiary/aromatic N) is 3. The van der Waals surface area contributed by atoms with Gasteiger partial charge < -0.3 is 9.80 Å². The number of rotatable bonds is 5. The zero-order valence-corrected chi connectivity index (χ0v) is 16.9. The molecular weight excluding hydrogens is 370 g/mol. The number of likely N-dealkylation sites (N-methyl/N-ethyl adjacent to an activating group) is 1. The second-order valence-corrected chi connectivity index (χ2v) is 8.60. The average Bonchev–Trinajstić information content (AvgIpc) is 3.02. The molecule has 2 saturated heterocycles. The van der Waals surface area contributed by atoms with Crippen LogP contribution in [-0.2, 0) is 11.2 Å². The summed E-state index contributed by atoms with van der Waals surface area (Å²) in [4.78, 5) is 33.4. The van der Waals surface area contributed by atoms with E-state index in [2.05, 4.69) is 17.1 Å². The fourth-order valence-corrected chi connectivity index (χ4v) is 5.12. The summed E-state index contributed by atoms with van der Waals surface area (Å²) in [6.07, 6.45) is 4.20. The summed E-state index contributed by atoms with van der Waals surface area (Å²) >= 11 is 1.63. The number of amides is 2. The van der Waals surface area contributed by atoms with Gasteiger partial charge >= 0.3 is 0 Å². The number of likely N-dealkylation sites (tertiary alicyclic amines) is 2. The van der Waals surface area contributed by atoms with Gasteiger partial charge in [0.05, 0.1) is 11.6 Å². The zero-order chi connectivity index (χ0) is 19.5. The quantitative estimate of drug-likeness (QED) is 0.730. The molecular formula is C22H25N3O2S. The van der Waals surface area contributed by atoms with Crippen LogP contribution < -0.4 is 0 Å². The summed E-state index contributed by atoms with van der Waals surface area (Å²) in [5.41, 5.74) is 1.96. The Bertz CT molecular complexity index is 858. The molecule has 5 nitrogen and oxygen atoms in total. The van der Waals surface area contributed by atoms with Crippen molar-refractivity contribution in [3.63, 3.8) is 0 Å². The van der Waals surface area contributed by atoms with Crippen LogP contribution in [0.4, 0.5) is 0 Å². The molecule has 0 saturated carbocycles. The Kier molecular flexibility index (Phi) is 5.67. The van der Waals surface area contributed by atoms with E-state index < -0.39 is 0 Å². The summed E-state index contributed by atoms with van der Waals surface area (Å²) in [5.74, 6) is 1.49. The molecule has 1 aromatic carbocycles. The minimum Gasteiger partial charge on any atom is -0.341 e. The molecule has 2 aliphatic heterocycles. The maximum Gasteiger partial charge on any atom is 0.256 e. The van der Waals surface area contributed by atoms with Gasteiger partial charge in [0.1, 0.15) is 5.03 Å². The van der Waals surface area contributed by atoms with E-state index in [-0.39, 0.29) is 17.9 Å². The van der Waals surface area contributed by atoms with Crippen LogP contribution in [0.3, 0.4) is 0 Å². The maximum absolute atomic E-state index is 13.2. The smallest absolute Gasteiger partial charge is 0.256 e. The highest BCUT2D eigenvalue weighted by Gasteiger charge is 2.42. The second-order valence-electron chi connectivity index (χ2n) is 7.52. The maximum atomic E-state index is 13.2. The molecule has 0 spiro atoms. The number of hydrogen-bond donors (Lipinski definition) is 0. The average molecular weight is 396 g/mol. The predicted molar refractivity (Wildman–Crippen MR) is 110 cm³/mol. The molecule has 0 bridgehead atoms. The molecule has 2 atom stereocenters. The van der Waals surface area contributed by atoms with Crippen LogP contribution in [0.2, 0.25) is 0 Å². The van der Waals surface area contributed by atoms with Crippen LogP contribution in [-0.4, -0.2) is 58.5 Å². The number of piperidine rings is 1. The van der Waals surface area contributed by atoms with E-state index in [1.807, 2.05) is 47.2 Å². The van der Waals surface area contributed by atoms with Crippen LogP contribution in [0.5, 0.6) is 0 Å². The molecule has 6 heteroatoms. The van der Waals surface area contributed by atoms with Crippen LogP contribution in [0.25, 0.3) is 0 Å². The number of carbonyl (C=O) groups excluding carboxylic acids is 2. The van der Waals surface area contributed by atoms with E-state index in [0.29, 0.717) is 31.0 Å². The van der Waals surface area contributed by atoms with Crippen molar-refractivity contribution in [3.8, 4) is 0 Å². The second kappa shape index (κ2) is 8.35. The molecule has 0 radical (unpaired) electrons. The number of pyridine rings is 1. The standard InChI is InChI=1S/C22H25N3O2S/c1-24-19-15-25(12-9-17(19)14-20(24)26)22(27)18-8-5-11-23-21(18)28-13-10-16-6-3-2-4-7-16/h2-8,11,17,19H,9-10,12-15H2,1H3/t17-,19-/m1/s1. The highest BCUT2D eigenvalue weighted by molar-refractivity contribution is 7.99. The SMILES string of the molecule is CN1C(=O)C[C@H]2CCN(C(=O)c3cccnc3SCCc3ccccc3)C[C@H]21. The first-order valence-corrected chi connectivity index (χ1v) is 10.8. The van der Waals surface area contributed by atoms with Gasteiger partial charge in [-0.3, -0.25) is 9.59 Å². The third-order valence-corrected chi connectivity index (χ3v) is 6.82. The first-order valence-electron chi connectivity index (χ1n) is 9.80. The van der Waals surface area contributed by atoms with Crippen LogP contribution in [0.15, 0.2) is 53.7 Å². The van der Waals surface area contributed by atoms with E-state index in [1.165, 1.54) is 5.56 Å². The Morgan fingerprint density at radius 3 is 2.86 bits per heavy atom. The number of fused-ring (bicyclic) bond motifs is 1. The summed E-state index contributed by atoms with van der Waals surface area (Å²) < 4.78 is 0. The number of hydrogen-bond acceptors (Lipinski definition) is 4. The lowest BCUT2D eigenvalue weighted by molar-refractivity contribution is -0.127. The number of aromatic nitrogens is 1. The molecule has 3 heterocycles. The van der Waals surface area contributed by atoms with Crippen molar-refractivity contribution in [2.75, 3.05) is 25.9 Å². The lowest BCUT2D eigenvalue weighted by Crippen LogP contribution is -2.49. The molecule has 2 amide bonds. The molecule has 2 fully saturated rings. The van der Waals surface area contributed by atoms with Gasteiger partial charge in [-0.25, -0.2) is 4.98 Å². The topological polar surface area (TPSA) is 53.5 Å². The minimum atomic E-state index is 0.0292. The van der Waals surface area contributed by atoms with E-state index in [9.17, 15) is 9.59 Å². The summed E-state index contributed by atoms with van der Waals surface area (Å²) in [7, 11) is 1.86. The lowest BCUT2D eigenvalue weighted by atomic mass is 9.92. The van der Waals surface area contributed by atoms with Crippen LogP contribution in [0.1, 0.15) is 28.8 Å². The number of thioether (sulfide) groups is 1. The van der Waals surface area contributed by atoms with Gasteiger partial charge in [-0.15, -0.1) is 11.8 Å². The van der Waals surface area contributed by atoms with Crippen LogP contribution >= 0.6 is 11.8 Å². The number of carbonyl (C=O) groups is 2. The monoisotopic (exact) mass is 395 g/mol. The van der Waals surface area contributed by atoms with Gasteiger partial charge in [0.25, 0.3) is 5.91 Å². The summed E-state index contributed by atoms with van der Waals surface area (Å²) in [5, 5.41) is 0.793. The van der Waals surface area contributed by atoms with Crippen molar-refractivity contribution < 1.29 is 9.59 Å². The van der Waals surface area contributed by atoms with E-state index >= 15 is 0 Å². The third-order valence-electron chi connectivity index (χ3n) is 5.81. The Balaban J connectivity index is 1.42. The van der Waals surface area contributed by atoms with Crippen molar-refractivity contribution in [1.82, 2.24) is 14.8 Å². The first-order chi connectivity index (χ1) is 13.6. The van der Waals surface area contributed by atoms with Crippen LogP contribution in [0, 0.1) is 5.92 Å². The third kappa shape index (κ3) is 3.92. The van der Waals surface area contributed by atoms with Gasteiger partial charge in [-0.2, -0.15) is 0 Å². The molecule has 2 aliphatic rings. The largest absolute Gasteiger partial charge is 0.341 e. The molecule has 0 aliphatic carbocycles. The minimum absolute atomic E-state index is 0.0292. The fraction of sp³-hybridized carbons (Fsp3) is 0.409. The predicted octanol–water partition coefficient (Wildman–Crippen LogP) is 3.11. The van der Waals surface area contributed by atoms with Crippen molar-refractivity contribution in [2.45, 2.75) is 30.3 Å². The van der Waals surface area contributed by atoms with Gasteiger partial charge in [-0.1, -0.05) is 30.3 Å². The molecule has 2 aromatic rings. The van der Waals surface area contributed by atoms with Crippen molar-refractivity contribution >= 4 is 23.6 Å². The summed E-state index contributed by atoms with van der Waals surface area (Å²) in [6.45, 7) is 1.33. The lowest BCUT2D eigenvalue weighted by Gasteiger charge is -2.37. The Morgan fingerprint density at radius 1 is 1.21 bits per heavy atom. The van der Waals surface area contributed by atoms with E-state index in [4.69, 9.17) is 0 Å². The highest BCUT2D eigenvalue weighted by atomic mass is 32.2. The Hall–Kier alpha value is -2.34. The van der Waals surface area contributed by atoms with Crippen molar-refractivity contribution in [2.24, 2.45) is 5.92 Å². The van der Waals surface area contributed by atoms with Gasteiger partial charge in [-0.05, 0) is 36.5 Å². The highest BCUT2D eigenvalue weighted by Crippen LogP contribution is 2.32. The molecule has 146 valence electrons. The number of benzene rings is 1. The Labute approximate surface area is 170 Å². The van der Waals surface area contributed by atoms with Gasteiger partial charge in [0, 0.05) is 38.5 Å². The molecule has 0 unspecified atom stereocenters. The van der Waals surface area contributed by atoms with Crippen molar-refractivity contribution in [1.29, 1.82) is 0 Å². The van der Waals surface area contributed by atoms with Gasteiger partial charge in [0.15, 0.2) is 0 Å². The van der Waals surface area contributed by atoms with E-state index in [1.54, 1.807) is 18.0 Å². The molecule has 1 aromatic heterocycles. The first kappa shape index (κ1) is 19.0.